The molecular formula is C12H22N2O2S. The van der Waals surface area contributed by atoms with Crippen LogP contribution in [0.4, 0.5) is 0 Å². The molecule has 1 N–H and O–H groups in total. The number of ether oxygens (including phenoxy) is 2. The monoisotopic (exact) mass is 258 g/mol. The van der Waals surface area contributed by atoms with Gasteiger partial charge in [0.1, 0.15) is 0 Å². The first-order chi connectivity index (χ1) is 8.26. The maximum Gasteiger partial charge on any atom is 0.169 e. The number of nitrogens with one attached hydrogen (secondary N) is 1. The van der Waals surface area contributed by atoms with Gasteiger partial charge in [-0.3, -0.25) is 0 Å². The maximum atomic E-state index is 5.44. The molecule has 1 rings (SSSR count). The van der Waals surface area contributed by atoms with Crippen molar-refractivity contribution in [3.63, 3.8) is 0 Å². The second-order valence-electron chi connectivity index (χ2n) is 3.65. The van der Waals surface area contributed by atoms with Gasteiger partial charge in [0.05, 0.1) is 10.7 Å². The van der Waals surface area contributed by atoms with E-state index in [-0.39, 0.29) is 6.29 Å². The van der Waals surface area contributed by atoms with Crippen molar-refractivity contribution in [1.82, 2.24) is 10.3 Å². The minimum atomic E-state index is -0.137. The Balaban J connectivity index is 2.13. The molecule has 0 aliphatic rings. The van der Waals surface area contributed by atoms with Crippen molar-refractivity contribution in [1.29, 1.82) is 0 Å². The lowest BCUT2D eigenvalue weighted by atomic mass is 10.3. The predicted molar refractivity (Wildman–Crippen MR) is 70.5 cm³/mol. The van der Waals surface area contributed by atoms with Crippen molar-refractivity contribution in [2.75, 3.05) is 26.3 Å². The smallest absolute Gasteiger partial charge is 0.169 e. The Bertz CT molecular complexity index is 298. The third-order valence-corrected chi connectivity index (χ3v) is 3.06. The van der Waals surface area contributed by atoms with E-state index in [1.165, 1.54) is 0 Å². The molecule has 0 aromatic carbocycles. The Morgan fingerprint density at radius 3 is 2.59 bits per heavy atom. The molecule has 0 bridgehead atoms. The molecule has 1 aromatic rings. The molecule has 4 nitrogen and oxygen atoms in total. The van der Waals surface area contributed by atoms with Gasteiger partial charge < -0.3 is 14.8 Å². The Hall–Kier alpha value is -0.490. The molecule has 0 aliphatic heterocycles. The van der Waals surface area contributed by atoms with Crippen molar-refractivity contribution >= 4 is 11.3 Å². The lowest BCUT2D eigenvalue weighted by molar-refractivity contribution is -0.132. The van der Waals surface area contributed by atoms with Gasteiger partial charge in [-0.2, -0.15) is 0 Å². The highest BCUT2D eigenvalue weighted by molar-refractivity contribution is 7.09. The first-order valence-corrected chi connectivity index (χ1v) is 6.99. The van der Waals surface area contributed by atoms with Crippen LogP contribution < -0.4 is 5.32 Å². The normalized spacial score (nSPS) is 11.3. The number of hydrogen-bond donors (Lipinski definition) is 1. The Kier molecular flexibility index (Phi) is 7.35. The molecule has 0 saturated carbocycles. The van der Waals surface area contributed by atoms with E-state index in [1.807, 2.05) is 20.8 Å². The van der Waals surface area contributed by atoms with E-state index < -0.39 is 0 Å². The zero-order chi connectivity index (χ0) is 12.5. The van der Waals surface area contributed by atoms with Gasteiger partial charge in [0.2, 0.25) is 0 Å². The van der Waals surface area contributed by atoms with Crippen LogP contribution in [-0.2, 0) is 15.9 Å². The van der Waals surface area contributed by atoms with E-state index in [2.05, 4.69) is 15.7 Å². The summed E-state index contributed by atoms with van der Waals surface area (Å²) in [5.41, 5.74) is 1.16. The fraction of sp³-hybridized carbons (Fsp3) is 0.750. The lowest BCUT2D eigenvalue weighted by Crippen LogP contribution is -2.32. The molecule has 0 amide bonds. The second-order valence-corrected chi connectivity index (χ2v) is 4.71. The van der Waals surface area contributed by atoms with E-state index in [4.69, 9.17) is 9.47 Å². The molecule has 0 atom stereocenters. The van der Waals surface area contributed by atoms with Gasteiger partial charge in [0, 0.05) is 38.1 Å². The van der Waals surface area contributed by atoms with Crippen LogP contribution in [0.5, 0.6) is 0 Å². The van der Waals surface area contributed by atoms with Gasteiger partial charge in [0.25, 0.3) is 0 Å². The van der Waals surface area contributed by atoms with Crippen molar-refractivity contribution < 1.29 is 9.47 Å². The highest BCUT2D eigenvalue weighted by Gasteiger charge is 2.06. The van der Waals surface area contributed by atoms with Crippen LogP contribution in [0.2, 0.25) is 0 Å². The molecule has 98 valence electrons. The molecular weight excluding hydrogens is 236 g/mol. The summed E-state index contributed by atoms with van der Waals surface area (Å²) in [4.78, 5) is 4.42. The molecule has 0 unspecified atom stereocenters. The van der Waals surface area contributed by atoms with E-state index >= 15 is 0 Å². The summed E-state index contributed by atoms with van der Waals surface area (Å²) < 4.78 is 10.9. The number of nitrogens with zero attached hydrogens (tertiary/aromatic N) is 1. The van der Waals surface area contributed by atoms with Crippen LogP contribution in [-0.4, -0.2) is 37.6 Å². The third kappa shape index (κ3) is 6.12. The number of thiazole rings is 1. The summed E-state index contributed by atoms with van der Waals surface area (Å²) in [7, 11) is 0. The van der Waals surface area contributed by atoms with Crippen molar-refractivity contribution in [3.8, 4) is 0 Å². The van der Waals surface area contributed by atoms with Gasteiger partial charge >= 0.3 is 0 Å². The molecule has 0 fully saturated rings. The summed E-state index contributed by atoms with van der Waals surface area (Å²) in [5.74, 6) is 0. The number of rotatable bonds is 9. The van der Waals surface area contributed by atoms with Crippen LogP contribution in [0.1, 0.15) is 24.5 Å². The van der Waals surface area contributed by atoms with E-state index in [0.717, 1.165) is 30.2 Å². The summed E-state index contributed by atoms with van der Waals surface area (Å²) in [5, 5.41) is 6.56. The Morgan fingerprint density at radius 1 is 1.35 bits per heavy atom. The fourth-order valence-electron chi connectivity index (χ4n) is 1.50. The van der Waals surface area contributed by atoms with E-state index in [0.29, 0.717) is 13.2 Å². The molecule has 0 saturated heterocycles. The zero-order valence-corrected chi connectivity index (χ0v) is 11.7. The first kappa shape index (κ1) is 14.6. The molecule has 0 spiro atoms. The SMILES string of the molecule is CCOC(CNCCc1csc(C)n1)OCC. The van der Waals surface area contributed by atoms with Crippen molar-refractivity contribution in [2.24, 2.45) is 0 Å². The second kappa shape index (κ2) is 8.58. The van der Waals surface area contributed by atoms with Crippen LogP contribution in [0.15, 0.2) is 5.38 Å². The minimum Gasteiger partial charge on any atom is -0.352 e. The topological polar surface area (TPSA) is 43.4 Å². The van der Waals surface area contributed by atoms with E-state index in [9.17, 15) is 0 Å². The van der Waals surface area contributed by atoms with Crippen LogP contribution >= 0.6 is 11.3 Å². The summed E-state index contributed by atoms with van der Waals surface area (Å²) in [6.45, 7) is 8.97. The number of aromatic nitrogens is 1. The number of hydrogen-bond acceptors (Lipinski definition) is 5. The summed E-state index contributed by atoms with van der Waals surface area (Å²) in [6, 6.07) is 0. The third-order valence-electron chi connectivity index (χ3n) is 2.24. The van der Waals surface area contributed by atoms with Gasteiger partial charge in [-0.15, -0.1) is 11.3 Å². The van der Waals surface area contributed by atoms with Gasteiger partial charge in [-0.05, 0) is 20.8 Å². The molecule has 5 heteroatoms. The maximum absolute atomic E-state index is 5.44. The summed E-state index contributed by atoms with van der Waals surface area (Å²) in [6.07, 6.45) is 0.817. The van der Waals surface area contributed by atoms with Gasteiger partial charge in [-0.1, -0.05) is 0 Å². The molecule has 0 radical (unpaired) electrons. The minimum absolute atomic E-state index is 0.137. The van der Waals surface area contributed by atoms with Crippen LogP contribution in [0.25, 0.3) is 0 Å². The molecule has 1 heterocycles. The molecule has 0 aliphatic carbocycles. The van der Waals surface area contributed by atoms with Gasteiger partial charge in [0.15, 0.2) is 6.29 Å². The van der Waals surface area contributed by atoms with Crippen molar-refractivity contribution in [2.45, 2.75) is 33.5 Å². The largest absolute Gasteiger partial charge is 0.352 e. The summed E-state index contributed by atoms with van der Waals surface area (Å²) >= 11 is 1.70. The lowest BCUT2D eigenvalue weighted by Gasteiger charge is -2.17. The average Bonchev–Trinajstić information content (AvgIpc) is 2.71. The fourth-order valence-corrected chi connectivity index (χ4v) is 2.14. The molecule has 17 heavy (non-hydrogen) atoms. The van der Waals surface area contributed by atoms with E-state index in [1.54, 1.807) is 11.3 Å². The Labute approximate surface area is 107 Å². The molecule has 1 aromatic heterocycles. The first-order valence-electron chi connectivity index (χ1n) is 6.11. The highest BCUT2D eigenvalue weighted by atomic mass is 32.1. The van der Waals surface area contributed by atoms with Crippen molar-refractivity contribution in [3.05, 3.63) is 16.1 Å². The van der Waals surface area contributed by atoms with Crippen LogP contribution in [0.3, 0.4) is 0 Å². The highest BCUT2D eigenvalue weighted by Crippen LogP contribution is 2.07. The standard InChI is InChI=1S/C12H22N2O2S/c1-4-15-12(16-5-2)8-13-7-6-11-9-17-10(3)14-11/h9,12-13H,4-8H2,1-3H3. The number of aryl methyl sites for hydroxylation is 1. The van der Waals surface area contributed by atoms with Gasteiger partial charge in [-0.25, -0.2) is 4.98 Å². The van der Waals surface area contributed by atoms with Crippen LogP contribution in [0, 0.1) is 6.92 Å². The zero-order valence-electron chi connectivity index (χ0n) is 10.9. The predicted octanol–water partition coefficient (Wildman–Crippen LogP) is 1.98. The Morgan fingerprint density at radius 2 is 2.06 bits per heavy atom. The average molecular weight is 258 g/mol. The quantitative estimate of drug-likeness (QED) is 0.543.